The minimum absolute atomic E-state index is 0.114. The lowest BCUT2D eigenvalue weighted by Crippen LogP contribution is -2.49. The fraction of sp³-hybridized carbons (Fsp3) is 0.438. The molecule has 0 radical (unpaired) electrons. The number of hydrogen-bond acceptors (Lipinski definition) is 2. The highest BCUT2D eigenvalue weighted by Crippen LogP contribution is 2.20. The SMILES string of the molecule is CC(N)(C(=O)NCCC1=CCCC1)c1ccccc1. The summed E-state index contributed by atoms with van der Waals surface area (Å²) in [6, 6.07) is 9.50. The van der Waals surface area contributed by atoms with Crippen LogP contribution in [0.1, 0.15) is 38.2 Å². The van der Waals surface area contributed by atoms with Crippen molar-refractivity contribution in [3.8, 4) is 0 Å². The summed E-state index contributed by atoms with van der Waals surface area (Å²) in [6.45, 7) is 2.43. The molecule has 0 spiro atoms. The number of carbonyl (C=O) groups excluding carboxylic acids is 1. The molecule has 3 heteroatoms. The van der Waals surface area contributed by atoms with E-state index in [2.05, 4.69) is 11.4 Å². The molecule has 1 amide bonds. The van der Waals surface area contributed by atoms with Gasteiger partial charge in [-0.25, -0.2) is 0 Å². The molecule has 3 N–H and O–H groups in total. The van der Waals surface area contributed by atoms with E-state index in [9.17, 15) is 4.79 Å². The standard InChI is InChI=1S/C16H22N2O/c1-16(17,14-9-3-2-4-10-14)15(19)18-12-11-13-7-5-6-8-13/h2-4,7,9-10H,5-6,8,11-12,17H2,1H3,(H,18,19). The summed E-state index contributed by atoms with van der Waals surface area (Å²) in [5.74, 6) is -0.114. The van der Waals surface area contributed by atoms with E-state index in [1.54, 1.807) is 6.92 Å². The third-order valence-electron chi connectivity index (χ3n) is 3.71. The van der Waals surface area contributed by atoms with Gasteiger partial charge in [0.25, 0.3) is 0 Å². The summed E-state index contributed by atoms with van der Waals surface area (Å²) in [5, 5.41) is 2.94. The van der Waals surface area contributed by atoms with Gasteiger partial charge in [-0.3, -0.25) is 4.79 Å². The van der Waals surface area contributed by atoms with Gasteiger partial charge in [-0.2, -0.15) is 0 Å². The Balaban J connectivity index is 1.88. The first kappa shape index (κ1) is 13.8. The quantitative estimate of drug-likeness (QED) is 0.797. The Bertz CT molecular complexity index is 463. The lowest BCUT2D eigenvalue weighted by molar-refractivity contribution is -0.126. The van der Waals surface area contributed by atoms with Crippen molar-refractivity contribution in [3.05, 3.63) is 47.5 Å². The molecule has 0 fully saturated rings. The lowest BCUT2D eigenvalue weighted by atomic mass is 9.92. The molecule has 1 atom stereocenters. The molecule has 0 bridgehead atoms. The van der Waals surface area contributed by atoms with E-state index in [1.807, 2.05) is 30.3 Å². The van der Waals surface area contributed by atoms with Crippen LogP contribution in [0.5, 0.6) is 0 Å². The Morgan fingerprint density at radius 1 is 1.37 bits per heavy atom. The zero-order chi connectivity index (χ0) is 13.7. The fourth-order valence-corrected chi connectivity index (χ4v) is 2.40. The van der Waals surface area contributed by atoms with Crippen LogP contribution in [-0.2, 0) is 10.3 Å². The summed E-state index contributed by atoms with van der Waals surface area (Å²) in [6.07, 6.45) is 6.83. The Labute approximate surface area is 114 Å². The number of benzene rings is 1. The van der Waals surface area contributed by atoms with Gasteiger partial charge in [0.05, 0.1) is 0 Å². The molecule has 1 aromatic carbocycles. The highest BCUT2D eigenvalue weighted by Gasteiger charge is 2.29. The first-order valence-electron chi connectivity index (χ1n) is 6.91. The summed E-state index contributed by atoms with van der Waals surface area (Å²) >= 11 is 0. The molecule has 0 heterocycles. The summed E-state index contributed by atoms with van der Waals surface area (Å²) in [5.41, 5.74) is 7.48. The molecule has 0 aliphatic heterocycles. The van der Waals surface area contributed by atoms with Crippen LogP contribution >= 0.6 is 0 Å². The van der Waals surface area contributed by atoms with Gasteiger partial charge < -0.3 is 11.1 Å². The normalized spacial score (nSPS) is 17.7. The Hall–Kier alpha value is -1.61. The van der Waals surface area contributed by atoms with E-state index in [4.69, 9.17) is 5.73 Å². The van der Waals surface area contributed by atoms with Crippen molar-refractivity contribution in [2.45, 2.75) is 38.1 Å². The van der Waals surface area contributed by atoms with Crippen LogP contribution in [-0.4, -0.2) is 12.5 Å². The zero-order valence-corrected chi connectivity index (χ0v) is 11.5. The van der Waals surface area contributed by atoms with Gasteiger partial charge in [0.15, 0.2) is 0 Å². The lowest BCUT2D eigenvalue weighted by Gasteiger charge is -2.24. The average molecular weight is 258 g/mol. The van der Waals surface area contributed by atoms with Gasteiger partial charge >= 0.3 is 0 Å². The fourth-order valence-electron chi connectivity index (χ4n) is 2.40. The van der Waals surface area contributed by atoms with Gasteiger partial charge in [0, 0.05) is 6.54 Å². The Morgan fingerprint density at radius 2 is 2.11 bits per heavy atom. The van der Waals surface area contributed by atoms with Crippen molar-refractivity contribution in [1.82, 2.24) is 5.32 Å². The van der Waals surface area contributed by atoms with Gasteiger partial charge in [-0.1, -0.05) is 42.0 Å². The van der Waals surface area contributed by atoms with E-state index in [-0.39, 0.29) is 5.91 Å². The predicted molar refractivity (Wildman–Crippen MR) is 77.5 cm³/mol. The zero-order valence-electron chi connectivity index (χ0n) is 11.5. The van der Waals surface area contributed by atoms with Crippen LogP contribution in [0.15, 0.2) is 42.0 Å². The highest BCUT2D eigenvalue weighted by molar-refractivity contribution is 5.86. The first-order valence-corrected chi connectivity index (χ1v) is 6.91. The molecule has 0 aromatic heterocycles. The Kier molecular flexibility index (Phi) is 4.38. The number of allylic oxidation sites excluding steroid dienone is 1. The first-order chi connectivity index (χ1) is 9.10. The summed E-state index contributed by atoms with van der Waals surface area (Å²) in [7, 11) is 0. The molecule has 1 aliphatic carbocycles. The topological polar surface area (TPSA) is 55.1 Å². The van der Waals surface area contributed by atoms with Crippen LogP contribution < -0.4 is 11.1 Å². The summed E-state index contributed by atoms with van der Waals surface area (Å²) < 4.78 is 0. The van der Waals surface area contributed by atoms with Gasteiger partial charge in [0.2, 0.25) is 5.91 Å². The predicted octanol–water partition coefficient (Wildman–Crippen LogP) is 2.48. The molecule has 102 valence electrons. The van der Waals surface area contributed by atoms with Crippen molar-refractivity contribution < 1.29 is 4.79 Å². The van der Waals surface area contributed by atoms with E-state index in [0.717, 1.165) is 12.0 Å². The molecule has 0 saturated carbocycles. The molecule has 19 heavy (non-hydrogen) atoms. The number of hydrogen-bond donors (Lipinski definition) is 2. The third kappa shape index (κ3) is 3.44. The highest BCUT2D eigenvalue weighted by atomic mass is 16.2. The number of carbonyl (C=O) groups is 1. The summed E-state index contributed by atoms with van der Waals surface area (Å²) in [4.78, 5) is 12.2. The van der Waals surface area contributed by atoms with Crippen LogP contribution in [0.2, 0.25) is 0 Å². The largest absolute Gasteiger partial charge is 0.354 e. The van der Waals surface area contributed by atoms with Crippen LogP contribution in [0.25, 0.3) is 0 Å². The molecule has 1 unspecified atom stereocenters. The van der Waals surface area contributed by atoms with Crippen molar-refractivity contribution in [1.29, 1.82) is 0 Å². The van der Waals surface area contributed by atoms with Crippen LogP contribution in [0, 0.1) is 0 Å². The second kappa shape index (κ2) is 6.02. The maximum Gasteiger partial charge on any atom is 0.244 e. The second-order valence-corrected chi connectivity index (χ2v) is 5.33. The van der Waals surface area contributed by atoms with Crippen molar-refractivity contribution >= 4 is 5.91 Å². The van der Waals surface area contributed by atoms with E-state index in [1.165, 1.54) is 24.8 Å². The van der Waals surface area contributed by atoms with Gasteiger partial charge in [-0.05, 0) is 38.2 Å². The van der Waals surface area contributed by atoms with E-state index >= 15 is 0 Å². The number of amides is 1. The molecule has 2 rings (SSSR count). The number of nitrogens with two attached hydrogens (primary N) is 1. The molecular formula is C16H22N2O. The number of rotatable bonds is 5. The maximum absolute atomic E-state index is 12.2. The molecule has 1 aromatic rings. The van der Waals surface area contributed by atoms with Crippen LogP contribution in [0.4, 0.5) is 0 Å². The van der Waals surface area contributed by atoms with Gasteiger partial charge in [-0.15, -0.1) is 0 Å². The third-order valence-corrected chi connectivity index (χ3v) is 3.71. The average Bonchev–Trinajstić information content (AvgIpc) is 2.93. The molecule has 0 saturated heterocycles. The minimum Gasteiger partial charge on any atom is -0.354 e. The maximum atomic E-state index is 12.2. The molecule has 3 nitrogen and oxygen atoms in total. The van der Waals surface area contributed by atoms with Crippen LogP contribution in [0.3, 0.4) is 0 Å². The monoisotopic (exact) mass is 258 g/mol. The number of nitrogens with one attached hydrogen (secondary N) is 1. The molecular weight excluding hydrogens is 236 g/mol. The Morgan fingerprint density at radius 3 is 2.74 bits per heavy atom. The van der Waals surface area contributed by atoms with Crippen molar-refractivity contribution in [2.75, 3.05) is 6.54 Å². The van der Waals surface area contributed by atoms with Gasteiger partial charge in [0.1, 0.15) is 5.54 Å². The second-order valence-electron chi connectivity index (χ2n) is 5.33. The minimum atomic E-state index is -0.967. The van der Waals surface area contributed by atoms with E-state index in [0.29, 0.717) is 6.54 Å². The smallest absolute Gasteiger partial charge is 0.244 e. The van der Waals surface area contributed by atoms with Crippen molar-refractivity contribution in [3.63, 3.8) is 0 Å². The van der Waals surface area contributed by atoms with E-state index < -0.39 is 5.54 Å². The molecule has 1 aliphatic rings. The van der Waals surface area contributed by atoms with Crippen molar-refractivity contribution in [2.24, 2.45) is 5.73 Å².